The van der Waals surface area contributed by atoms with Gasteiger partial charge in [-0.2, -0.15) is 0 Å². The first-order chi connectivity index (χ1) is 7.70. The molecule has 0 aromatic heterocycles. The number of nitro groups is 1. The number of nitrogens with zero attached hydrogens (tertiary/aromatic N) is 1. The van der Waals surface area contributed by atoms with Crippen molar-refractivity contribution in [2.45, 2.75) is 12.3 Å². The van der Waals surface area contributed by atoms with Gasteiger partial charge in [0.25, 0.3) is 5.69 Å². The van der Waals surface area contributed by atoms with Crippen LogP contribution in [-0.4, -0.2) is 23.5 Å². The lowest BCUT2D eigenvalue weighted by atomic mass is 10.2. The minimum absolute atomic E-state index is 0.0362. The highest BCUT2D eigenvalue weighted by atomic mass is 35.5. The third-order valence-corrected chi connectivity index (χ3v) is 2.76. The molecule has 0 bridgehead atoms. The molecule has 86 valence electrons. The third kappa shape index (κ3) is 2.32. The van der Waals surface area contributed by atoms with Crippen LogP contribution in [0.5, 0.6) is 0 Å². The number of hydrogen-bond acceptors (Lipinski definition) is 4. The van der Waals surface area contributed by atoms with Gasteiger partial charge in [-0.3, -0.25) is 15.4 Å². The predicted molar refractivity (Wildman–Crippen MR) is 59.4 cm³/mol. The van der Waals surface area contributed by atoms with Crippen molar-refractivity contribution in [2.75, 3.05) is 12.4 Å². The van der Waals surface area contributed by atoms with Gasteiger partial charge in [0.2, 0.25) is 0 Å². The van der Waals surface area contributed by atoms with E-state index in [1.165, 1.54) is 12.1 Å². The van der Waals surface area contributed by atoms with Crippen LogP contribution in [0.3, 0.4) is 0 Å². The highest BCUT2D eigenvalue weighted by Gasteiger charge is 2.25. The Bertz CT molecular complexity index is 399. The van der Waals surface area contributed by atoms with Gasteiger partial charge in [0.1, 0.15) is 6.23 Å². The van der Waals surface area contributed by atoms with E-state index in [2.05, 4.69) is 5.32 Å². The lowest BCUT2D eigenvalue weighted by Crippen LogP contribution is -2.16. The first-order valence-corrected chi connectivity index (χ1v) is 5.43. The van der Waals surface area contributed by atoms with Crippen molar-refractivity contribution in [1.29, 1.82) is 0 Å². The van der Waals surface area contributed by atoms with Crippen LogP contribution >= 0.6 is 11.6 Å². The number of alkyl halides is 1. The van der Waals surface area contributed by atoms with Crippen LogP contribution in [0.4, 0.5) is 5.69 Å². The van der Waals surface area contributed by atoms with Crippen molar-refractivity contribution in [2.24, 2.45) is 0 Å². The van der Waals surface area contributed by atoms with Gasteiger partial charge in [-0.25, -0.2) is 0 Å². The molecule has 2 rings (SSSR count). The average Bonchev–Trinajstić information content (AvgIpc) is 2.77. The number of rotatable bonds is 3. The normalized spacial score (nSPS) is 24.6. The second kappa shape index (κ2) is 4.78. The summed E-state index contributed by atoms with van der Waals surface area (Å²) in [6, 6.07) is 6.40. The van der Waals surface area contributed by atoms with Crippen LogP contribution < -0.4 is 5.32 Å². The topological polar surface area (TPSA) is 64.4 Å². The highest BCUT2D eigenvalue weighted by Crippen LogP contribution is 2.24. The minimum atomic E-state index is -0.419. The fraction of sp³-hybridized carbons (Fsp3) is 0.400. The van der Waals surface area contributed by atoms with Gasteiger partial charge < -0.3 is 4.74 Å². The molecule has 1 heterocycles. The van der Waals surface area contributed by atoms with E-state index in [-0.39, 0.29) is 18.0 Å². The van der Waals surface area contributed by atoms with Crippen molar-refractivity contribution in [3.63, 3.8) is 0 Å². The summed E-state index contributed by atoms with van der Waals surface area (Å²) in [6.07, 6.45) is -0.338. The van der Waals surface area contributed by atoms with E-state index in [1.807, 2.05) is 0 Å². The molecule has 1 aromatic rings. The number of benzene rings is 1. The summed E-state index contributed by atoms with van der Waals surface area (Å²) in [5.74, 6) is 0.415. The van der Waals surface area contributed by atoms with Crippen LogP contribution in [0.15, 0.2) is 24.3 Å². The summed E-state index contributed by atoms with van der Waals surface area (Å²) in [6.45, 7) is 0.664. The molecule has 0 saturated carbocycles. The van der Waals surface area contributed by atoms with Gasteiger partial charge in [0.15, 0.2) is 0 Å². The zero-order valence-corrected chi connectivity index (χ0v) is 9.18. The van der Waals surface area contributed by atoms with Crippen LogP contribution in [0.25, 0.3) is 0 Å². The zero-order chi connectivity index (χ0) is 11.5. The molecule has 2 unspecified atom stereocenters. The maximum absolute atomic E-state index is 10.6. The molecule has 0 radical (unpaired) electrons. The summed E-state index contributed by atoms with van der Waals surface area (Å²) in [5.41, 5.74) is 0.819. The van der Waals surface area contributed by atoms with E-state index < -0.39 is 4.92 Å². The number of ether oxygens (including phenoxy) is 1. The second-order valence-corrected chi connectivity index (χ2v) is 3.86. The van der Waals surface area contributed by atoms with Gasteiger partial charge in [-0.15, -0.1) is 11.6 Å². The van der Waals surface area contributed by atoms with Crippen molar-refractivity contribution >= 4 is 17.3 Å². The average molecular weight is 243 g/mol. The zero-order valence-electron chi connectivity index (χ0n) is 8.43. The lowest BCUT2D eigenvalue weighted by molar-refractivity contribution is -0.385. The van der Waals surface area contributed by atoms with E-state index in [0.29, 0.717) is 12.4 Å². The van der Waals surface area contributed by atoms with Gasteiger partial charge >= 0.3 is 0 Å². The molecule has 2 atom stereocenters. The monoisotopic (exact) mass is 242 g/mol. The van der Waals surface area contributed by atoms with Gasteiger partial charge in [-0.05, 0) is 0 Å². The third-order valence-electron chi connectivity index (χ3n) is 2.42. The Kier molecular flexibility index (Phi) is 3.38. The highest BCUT2D eigenvalue weighted by molar-refractivity contribution is 6.18. The Labute approximate surface area is 97.5 Å². The first-order valence-electron chi connectivity index (χ1n) is 4.90. The van der Waals surface area contributed by atoms with E-state index >= 15 is 0 Å². The van der Waals surface area contributed by atoms with Gasteiger partial charge in [0.05, 0.1) is 11.0 Å². The summed E-state index contributed by atoms with van der Waals surface area (Å²) < 4.78 is 5.57. The summed E-state index contributed by atoms with van der Waals surface area (Å²) >= 11 is 5.67. The number of halogens is 1. The van der Waals surface area contributed by atoms with E-state index in [1.54, 1.807) is 12.1 Å². The Balaban J connectivity index is 2.15. The minimum Gasteiger partial charge on any atom is -0.353 e. The molecule has 0 amide bonds. The molecular weight excluding hydrogens is 232 g/mol. The molecule has 1 saturated heterocycles. The van der Waals surface area contributed by atoms with Gasteiger partial charge in [0, 0.05) is 30.1 Å². The maximum Gasteiger partial charge on any atom is 0.269 e. The summed E-state index contributed by atoms with van der Waals surface area (Å²) in [7, 11) is 0. The summed E-state index contributed by atoms with van der Waals surface area (Å²) in [4.78, 5) is 10.2. The fourth-order valence-electron chi connectivity index (χ4n) is 1.62. The summed E-state index contributed by atoms with van der Waals surface area (Å²) in [5, 5.41) is 13.7. The van der Waals surface area contributed by atoms with Crippen LogP contribution in [0.2, 0.25) is 0 Å². The molecule has 5 nitrogen and oxygen atoms in total. The molecule has 0 spiro atoms. The van der Waals surface area contributed by atoms with Crippen LogP contribution in [0.1, 0.15) is 11.8 Å². The number of nitrogens with one attached hydrogen (secondary N) is 1. The molecule has 1 fully saturated rings. The molecular formula is C10H11ClN2O3. The second-order valence-electron chi connectivity index (χ2n) is 3.55. The van der Waals surface area contributed by atoms with E-state index in [9.17, 15) is 10.1 Å². The number of hydrogen-bond donors (Lipinski definition) is 1. The Morgan fingerprint density at radius 2 is 2.44 bits per heavy atom. The van der Waals surface area contributed by atoms with Crippen LogP contribution in [0, 0.1) is 10.1 Å². The Morgan fingerprint density at radius 1 is 1.62 bits per heavy atom. The molecule has 16 heavy (non-hydrogen) atoms. The first kappa shape index (κ1) is 11.3. The quantitative estimate of drug-likeness (QED) is 0.499. The van der Waals surface area contributed by atoms with Crippen molar-refractivity contribution in [3.8, 4) is 0 Å². The number of non-ortho nitro benzene ring substituents is 1. The molecule has 1 aliphatic heterocycles. The van der Waals surface area contributed by atoms with E-state index in [0.717, 1.165) is 5.56 Å². The Morgan fingerprint density at radius 3 is 3.06 bits per heavy atom. The fourth-order valence-corrected chi connectivity index (χ4v) is 1.80. The van der Waals surface area contributed by atoms with Gasteiger partial charge in [-0.1, -0.05) is 12.1 Å². The molecule has 0 aliphatic carbocycles. The SMILES string of the molecule is O=[N+]([O-])c1cccc(C2NCC(CCl)O2)c1. The molecule has 1 N–H and O–H groups in total. The predicted octanol–water partition coefficient (Wildman–Crippen LogP) is 1.82. The molecule has 1 aromatic carbocycles. The molecule has 6 heteroatoms. The van der Waals surface area contributed by atoms with Crippen molar-refractivity contribution < 1.29 is 9.66 Å². The van der Waals surface area contributed by atoms with Crippen molar-refractivity contribution in [1.82, 2.24) is 5.32 Å². The largest absolute Gasteiger partial charge is 0.353 e. The van der Waals surface area contributed by atoms with Crippen molar-refractivity contribution in [3.05, 3.63) is 39.9 Å². The maximum atomic E-state index is 10.6. The number of nitro benzene ring substituents is 1. The smallest absolute Gasteiger partial charge is 0.269 e. The van der Waals surface area contributed by atoms with Crippen LogP contribution in [-0.2, 0) is 4.74 Å². The lowest BCUT2D eigenvalue weighted by Gasteiger charge is -2.11. The van der Waals surface area contributed by atoms with E-state index in [4.69, 9.17) is 16.3 Å². The Hall–Kier alpha value is -1.17. The standard InChI is InChI=1S/C10H11ClN2O3/c11-5-9-6-12-10(16-9)7-2-1-3-8(4-7)13(14)15/h1-4,9-10,12H,5-6H2. The molecule has 1 aliphatic rings.